The molecule has 1 aromatic heterocycles. The van der Waals surface area contributed by atoms with E-state index >= 15 is 4.39 Å². The van der Waals surface area contributed by atoms with Gasteiger partial charge in [-0.3, -0.25) is 14.6 Å². The highest BCUT2D eigenvalue weighted by Crippen LogP contribution is 2.36. The molecule has 1 unspecified atom stereocenters. The molecule has 2 heterocycles. The van der Waals surface area contributed by atoms with Crippen molar-refractivity contribution in [2.75, 3.05) is 0 Å². The highest BCUT2D eigenvalue weighted by molar-refractivity contribution is 7.93. The number of aromatic nitrogens is 1. The van der Waals surface area contributed by atoms with E-state index in [2.05, 4.69) is 15.3 Å². The smallest absolute Gasteiger partial charge is 0.257 e. The van der Waals surface area contributed by atoms with Crippen LogP contribution in [0.25, 0.3) is 10.9 Å². The number of rotatable bonds is 7. The third-order valence-electron chi connectivity index (χ3n) is 6.41. The first-order valence-corrected chi connectivity index (χ1v) is 13.9. The Morgan fingerprint density at radius 2 is 1.64 bits per heavy atom. The number of aliphatic imine (C=N–C) groups is 1. The molecule has 198 valence electrons. The minimum Gasteiger partial charge on any atom is -0.358 e. The Balaban J connectivity index is 1.52. The lowest BCUT2D eigenvalue weighted by Gasteiger charge is -2.25. The summed E-state index contributed by atoms with van der Waals surface area (Å²) >= 11 is 11.8. The number of aromatic amines is 1. The Hall–Kier alpha value is -3.79. The average molecular weight is 584 g/mol. The number of halogens is 3. The molecule has 7 nitrogen and oxygen atoms in total. The molecule has 0 saturated heterocycles. The first-order valence-electron chi connectivity index (χ1n) is 11.7. The van der Waals surface area contributed by atoms with E-state index in [4.69, 9.17) is 23.2 Å². The van der Waals surface area contributed by atoms with Crippen LogP contribution in [0.1, 0.15) is 21.5 Å². The summed E-state index contributed by atoms with van der Waals surface area (Å²) in [7, 11) is -4.34. The zero-order valence-corrected chi connectivity index (χ0v) is 22.4. The topological polar surface area (TPSA) is 108 Å². The van der Waals surface area contributed by atoms with Gasteiger partial charge in [0.1, 0.15) is 11.4 Å². The van der Waals surface area contributed by atoms with Gasteiger partial charge in [-0.25, -0.2) is 12.8 Å². The maximum Gasteiger partial charge on any atom is 0.257 e. The van der Waals surface area contributed by atoms with Gasteiger partial charge in [0.15, 0.2) is 4.87 Å². The predicted molar refractivity (Wildman–Crippen MR) is 150 cm³/mol. The van der Waals surface area contributed by atoms with E-state index in [0.717, 1.165) is 23.9 Å². The zero-order valence-electron chi connectivity index (χ0n) is 20.1. The number of sulfone groups is 1. The minimum atomic E-state index is -4.34. The minimum absolute atomic E-state index is 0.0390. The normalized spacial score (nSPS) is 16.6. The Morgan fingerprint density at radius 1 is 1.00 bits per heavy atom. The van der Waals surface area contributed by atoms with Crippen LogP contribution in [0, 0.1) is 5.82 Å². The van der Waals surface area contributed by atoms with Crippen LogP contribution >= 0.6 is 23.2 Å². The summed E-state index contributed by atoms with van der Waals surface area (Å²) in [5.74, 6) is -1.66. The zero-order chi connectivity index (χ0) is 27.8. The number of amides is 1. The molecule has 11 heteroatoms. The van der Waals surface area contributed by atoms with Gasteiger partial charge < -0.3 is 10.3 Å². The Labute approximate surface area is 232 Å². The molecule has 1 atom stereocenters. The van der Waals surface area contributed by atoms with Gasteiger partial charge in [-0.1, -0.05) is 47.5 Å². The Bertz CT molecular complexity index is 1810. The lowest BCUT2D eigenvalue weighted by atomic mass is 10.1. The third-order valence-corrected chi connectivity index (χ3v) is 9.08. The first-order chi connectivity index (χ1) is 18.6. The second-order valence-corrected chi connectivity index (χ2v) is 12.0. The van der Waals surface area contributed by atoms with E-state index in [-0.39, 0.29) is 29.4 Å². The third kappa shape index (κ3) is 5.13. The van der Waals surface area contributed by atoms with Crippen LogP contribution < -0.4 is 10.7 Å². The largest absolute Gasteiger partial charge is 0.358 e. The van der Waals surface area contributed by atoms with Gasteiger partial charge in [-0.05, 0) is 59.7 Å². The van der Waals surface area contributed by atoms with Crippen molar-refractivity contribution >= 4 is 56.1 Å². The quantitative estimate of drug-likeness (QED) is 0.309. The number of H-pyrrole nitrogens is 1. The van der Waals surface area contributed by atoms with E-state index in [9.17, 15) is 18.0 Å². The summed E-state index contributed by atoms with van der Waals surface area (Å²) in [6.45, 7) is 0.119. The van der Waals surface area contributed by atoms with Crippen LogP contribution in [0.2, 0.25) is 10.0 Å². The SMILES string of the molecule is O=C(NCc1ccc(Cl)cc1)c1c[nH]c2c(F)cc(S(=O)(=O)C3(Cc4ccc(Cl)cc4)C=CC=N3)cc2c1=O. The number of benzene rings is 3. The van der Waals surface area contributed by atoms with Crippen molar-refractivity contribution in [1.29, 1.82) is 0 Å². The van der Waals surface area contributed by atoms with Crippen molar-refractivity contribution in [3.05, 3.63) is 122 Å². The Kier molecular flexibility index (Phi) is 7.15. The lowest BCUT2D eigenvalue weighted by molar-refractivity contribution is 0.0949. The molecular weight excluding hydrogens is 564 g/mol. The summed E-state index contributed by atoms with van der Waals surface area (Å²) in [4.78, 5) is 30.7. The maximum atomic E-state index is 15.2. The number of allylic oxidation sites excluding steroid dienone is 1. The monoisotopic (exact) mass is 583 g/mol. The summed E-state index contributed by atoms with van der Waals surface area (Å²) in [5.41, 5.74) is 0.0713. The molecule has 3 aromatic carbocycles. The number of carbonyl (C=O) groups is 1. The molecule has 0 spiro atoms. The molecule has 0 radical (unpaired) electrons. The standard InChI is InChI=1S/C28H20Cl2FN3O4S/c29-19-6-2-17(3-7-19)14-28(10-1-11-34-28)39(37,38)21-12-22-25(24(31)13-21)32-16-23(26(22)35)27(36)33-15-18-4-8-20(30)9-5-18/h1-13,16H,14-15H2,(H,32,35)(H,33,36). The van der Waals surface area contributed by atoms with Gasteiger partial charge in [0.05, 0.1) is 15.8 Å². The van der Waals surface area contributed by atoms with Gasteiger partial charge in [-0.15, -0.1) is 0 Å². The second kappa shape index (κ2) is 10.4. The van der Waals surface area contributed by atoms with Gasteiger partial charge in [-0.2, -0.15) is 0 Å². The fourth-order valence-electron chi connectivity index (χ4n) is 4.33. The maximum absolute atomic E-state index is 15.2. The van der Waals surface area contributed by atoms with E-state index in [1.807, 2.05) is 0 Å². The molecule has 5 rings (SSSR count). The summed E-state index contributed by atoms with van der Waals surface area (Å²) in [5, 5.41) is 3.38. The number of nitrogens with one attached hydrogen (secondary N) is 2. The van der Waals surface area contributed by atoms with Gasteiger partial charge in [0, 0.05) is 35.4 Å². The molecule has 1 aliphatic rings. The first kappa shape index (κ1) is 26.8. The number of fused-ring (bicyclic) bond motifs is 1. The van der Waals surface area contributed by atoms with Crippen molar-refractivity contribution in [3.8, 4) is 0 Å². The molecule has 1 amide bonds. The van der Waals surface area contributed by atoms with Crippen LogP contribution in [-0.4, -0.2) is 30.4 Å². The number of pyridine rings is 1. The summed E-state index contributed by atoms with van der Waals surface area (Å²) in [6.07, 6.45) is 5.35. The molecule has 4 aromatic rings. The van der Waals surface area contributed by atoms with Crippen molar-refractivity contribution in [3.63, 3.8) is 0 Å². The van der Waals surface area contributed by atoms with Crippen LogP contribution in [0.4, 0.5) is 4.39 Å². The van der Waals surface area contributed by atoms with Crippen molar-refractivity contribution in [2.45, 2.75) is 22.7 Å². The number of nitrogens with zero attached hydrogens (tertiary/aromatic N) is 1. The lowest BCUT2D eigenvalue weighted by Crippen LogP contribution is -2.36. The van der Waals surface area contributed by atoms with Gasteiger partial charge in [0.25, 0.3) is 5.91 Å². The second-order valence-electron chi connectivity index (χ2n) is 8.96. The van der Waals surface area contributed by atoms with Crippen LogP contribution in [0.5, 0.6) is 0 Å². The van der Waals surface area contributed by atoms with Crippen molar-refractivity contribution < 1.29 is 17.6 Å². The molecular formula is C28H20Cl2FN3O4S. The molecule has 0 saturated carbocycles. The summed E-state index contributed by atoms with van der Waals surface area (Å²) in [6, 6.07) is 15.3. The number of hydrogen-bond donors (Lipinski definition) is 2. The molecule has 39 heavy (non-hydrogen) atoms. The van der Waals surface area contributed by atoms with Crippen LogP contribution in [-0.2, 0) is 22.8 Å². The molecule has 2 N–H and O–H groups in total. The van der Waals surface area contributed by atoms with E-state index in [0.29, 0.717) is 15.6 Å². The van der Waals surface area contributed by atoms with Crippen molar-refractivity contribution in [1.82, 2.24) is 10.3 Å². The van der Waals surface area contributed by atoms with Crippen molar-refractivity contribution in [2.24, 2.45) is 4.99 Å². The molecule has 0 fully saturated rings. The number of hydrogen-bond acceptors (Lipinski definition) is 5. The fraction of sp³-hybridized carbons (Fsp3) is 0.107. The number of carbonyl (C=O) groups excluding carboxylic acids is 1. The van der Waals surface area contributed by atoms with Gasteiger partial charge >= 0.3 is 0 Å². The van der Waals surface area contributed by atoms with E-state index in [1.54, 1.807) is 48.5 Å². The van der Waals surface area contributed by atoms with E-state index in [1.165, 1.54) is 18.4 Å². The highest BCUT2D eigenvalue weighted by atomic mass is 35.5. The van der Waals surface area contributed by atoms with Crippen LogP contribution in [0.15, 0.2) is 93.7 Å². The molecule has 0 aliphatic carbocycles. The highest BCUT2D eigenvalue weighted by Gasteiger charge is 2.44. The molecule has 0 bridgehead atoms. The fourth-order valence-corrected chi connectivity index (χ4v) is 6.33. The predicted octanol–water partition coefficient (Wildman–Crippen LogP) is 5.26. The van der Waals surface area contributed by atoms with E-state index < -0.39 is 36.8 Å². The Morgan fingerprint density at radius 3 is 2.26 bits per heavy atom. The van der Waals surface area contributed by atoms with Gasteiger partial charge in [0.2, 0.25) is 15.3 Å². The molecule has 1 aliphatic heterocycles. The summed E-state index contributed by atoms with van der Waals surface area (Å²) < 4.78 is 42.9. The van der Waals surface area contributed by atoms with Crippen LogP contribution in [0.3, 0.4) is 0 Å². The average Bonchev–Trinajstić information content (AvgIpc) is 3.40.